The molecule has 1 heterocycles. The predicted molar refractivity (Wildman–Crippen MR) is 153 cm³/mol. The van der Waals surface area contributed by atoms with Crippen molar-refractivity contribution in [2.45, 2.75) is 17.5 Å². The number of carbonyl (C=O) groups excluding carboxylic acids is 1. The number of non-ortho nitro benzene ring substituents is 1. The second-order valence-electron chi connectivity index (χ2n) is 8.59. The Kier molecular flexibility index (Phi) is 7.72. The third-order valence-electron chi connectivity index (χ3n) is 6.00. The quantitative estimate of drug-likeness (QED) is 0.106. The minimum absolute atomic E-state index is 0.00698. The number of thioether (sulfide) groups is 1. The van der Waals surface area contributed by atoms with Gasteiger partial charge in [-0.2, -0.15) is 0 Å². The number of nitrogens with zero attached hydrogens (tertiary/aromatic N) is 3. The van der Waals surface area contributed by atoms with Crippen LogP contribution in [0.4, 0.5) is 5.69 Å². The molecule has 39 heavy (non-hydrogen) atoms. The van der Waals surface area contributed by atoms with Crippen molar-refractivity contribution < 1.29 is 9.72 Å². The summed E-state index contributed by atoms with van der Waals surface area (Å²) in [5, 5.41) is 15.4. The van der Waals surface area contributed by atoms with Crippen LogP contribution >= 0.6 is 23.4 Å². The smallest absolute Gasteiger partial charge is 0.269 e. The number of hydrogen-bond donors (Lipinski definition) is 1. The third kappa shape index (κ3) is 5.84. The van der Waals surface area contributed by atoms with Crippen molar-refractivity contribution in [1.82, 2.24) is 14.9 Å². The molecule has 0 spiro atoms. The van der Waals surface area contributed by atoms with E-state index < -0.39 is 4.92 Å². The Bertz CT molecular complexity index is 1760. The van der Waals surface area contributed by atoms with E-state index in [0.29, 0.717) is 38.1 Å². The van der Waals surface area contributed by atoms with Crippen molar-refractivity contribution in [3.63, 3.8) is 0 Å². The number of hydrogen-bond acceptors (Lipinski definition) is 6. The van der Waals surface area contributed by atoms with Gasteiger partial charge in [0.25, 0.3) is 17.2 Å². The van der Waals surface area contributed by atoms with Gasteiger partial charge in [-0.05, 0) is 47.5 Å². The van der Waals surface area contributed by atoms with Crippen LogP contribution in [0.1, 0.15) is 21.5 Å². The molecule has 194 valence electrons. The molecule has 0 fully saturated rings. The van der Waals surface area contributed by atoms with E-state index in [1.807, 2.05) is 48.5 Å². The Labute approximate surface area is 232 Å². The summed E-state index contributed by atoms with van der Waals surface area (Å²) in [7, 11) is 0. The summed E-state index contributed by atoms with van der Waals surface area (Å²) < 4.78 is 1.52. The monoisotopic (exact) mass is 556 g/mol. The van der Waals surface area contributed by atoms with Gasteiger partial charge in [-0.1, -0.05) is 71.9 Å². The molecule has 0 radical (unpaired) electrons. The first-order valence-corrected chi connectivity index (χ1v) is 13.3. The summed E-state index contributed by atoms with van der Waals surface area (Å²) in [6, 6.07) is 27.5. The standard InChI is InChI=1S/C29H21ClN4O4S/c30-25-12-5-4-8-21(25)17-31-27(35)20-13-14-24-26(16-20)32-29(33(28(24)36)22-9-2-1-3-10-22)39-18-19-7-6-11-23(15-19)34(37)38/h1-16H,17-18H2,(H,31,35). The molecule has 0 aliphatic rings. The third-order valence-corrected chi connectivity index (χ3v) is 7.38. The molecule has 4 aromatic carbocycles. The predicted octanol–water partition coefficient (Wildman–Crippen LogP) is 6.17. The van der Waals surface area contributed by atoms with Gasteiger partial charge < -0.3 is 5.32 Å². The number of para-hydroxylation sites is 1. The minimum atomic E-state index is -0.444. The highest BCUT2D eigenvalue weighted by Crippen LogP contribution is 2.26. The van der Waals surface area contributed by atoms with Crippen LogP contribution in [0.15, 0.2) is 107 Å². The van der Waals surface area contributed by atoms with Gasteiger partial charge in [-0.15, -0.1) is 0 Å². The number of carbonyl (C=O) groups is 1. The fourth-order valence-electron chi connectivity index (χ4n) is 4.04. The molecule has 1 aromatic heterocycles. The van der Waals surface area contributed by atoms with E-state index in [2.05, 4.69) is 5.32 Å². The van der Waals surface area contributed by atoms with Crippen LogP contribution in [0.5, 0.6) is 0 Å². The molecule has 1 N–H and O–H groups in total. The lowest BCUT2D eigenvalue weighted by molar-refractivity contribution is -0.384. The van der Waals surface area contributed by atoms with Crippen molar-refractivity contribution in [2.24, 2.45) is 0 Å². The maximum Gasteiger partial charge on any atom is 0.269 e. The maximum atomic E-state index is 13.6. The first-order valence-electron chi connectivity index (χ1n) is 11.9. The molecule has 0 bridgehead atoms. The van der Waals surface area contributed by atoms with E-state index in [1.54, 1.807) is 36.4 Å². The number of nitro groups is 1. The molecule has 10 heteroatoms. The van der Waals surface area contributed by atoms with Crippen LogP contribution in [-0.4, -0.2) is 20.4 Å². The van der Waals surface area contributed by atoms with Crippen LogP contribution in [-0.2, 0) is 12.3 Å². The zero-order valence-corrected chi connectivity index (χ0v) is 22.0. The second kappa shape index (κ2) is 11.5. The molecule has 0 aliphatic heterocycles. The second-order valence-corrected chi connectivity index (χ2v) is 9.94. The highest BCUT2D eigenvalue weighted by atomic mass is 35.5. The molecule has 0 atom stereocenters. The molecule has 0 aliphatic carbocycles. The molecule has 0 saturated carbocycles. The lowest BCUT2D eigenvalue weighted by atomic mass is 10.1. The van der Waals surface area contributed by atoms with Crippen LogP contribution in [0.25, 0.3) is 16.6 Å². The summed E-state index contributed by atoms with van der Waals surface area (Å²) in [6.45, 7) is 0.254. The van der Waals surface area contributed by atoms with Gasteiger partial charge in [-0.3, -0.25) is 24.3 Å². The van der Waals surface area contributed by atoms with Gasteiger partial charge in [0.15, 0.2) is 5.16 Å². The average Bonchev–Trinajstić information content (AvgIpc) is 2.96. The fourth-order valence-corrected chi connectivity index (χ4v) is 5.19. The van der Waals surface area contributed by atoms with Gasteiger partial charge in [0.2, 0.25) is 0 Å². The lowest BCUT2D eigenvalue weighted by Crippen LogP contribution is -2.24. The molecule has 5 aromatic rings. The van der Waals surface area contributed by atoms with Gasteiger partial charge >= 0.3 is 0 Å². The number of rotatable bonds is 8. The number of fused-ring (bicyclic) bond motifs is 1. The molecule has 0 saturated heterocycles. The lowest BCUT2D eigenvalue weighted by Gasteiger charge is -2.14. The van der Waals surface area contributed by atoms with Crippen molar-refractivity contribution in [1.29, 1.82) is 0 Å². The van der Waals surface area contributed by atoms with Gasteiger partial charge in [0, 0.05) is 35.0 Å². The molecule has 8 nitrogen and oxygen atoms in total. The van der Waals surface area contributed by atoms with Crippen LogP contribution in [0.2, 0.25) is 5.02 Å². The number of halogens is 1. The number of nitro benzene ring substituents is 1. The summed E-state index contributed by atoms with van der Waals surface area (Å²) in [4.78, 5) is 42.0. The van der Waals surface area contributed by atoms with E-state index in [4.69, 9.17) is 16.6 Å². The molecule has 1 amide bonds. The van der Waals surface area contributed by atoms with Crippen molar-refractivity contribution >= 4 is 45.9 Å². The Morgan fingerprint density at radius 2 is 1.74 bits per heavy atom. The summed E-state index contributed by atoms with van der Waals surface area (Å²) in [5.74, 6) is 0.0291. The summed E-state index contributed by atoms with van der Waals surface area (Å²) >= 11 is 7.48. The number of amides is 1. The normalized spacial score (nSPS) is 10.9. The number of aromatic nitrogens is 2. The topological polar surface area (TPSA) is 107 Å². The molecular formula is C29H21ClN4O4S. The maximum absolute atomic E-state index is 13.6. The SMILES string of the molecule is O=C(NCc1ccccc1Cl)c1ccc2c(=O)n(-c3ccccc3)c(SCc3cccc([N+](=O)[O-])c3)nc2c1. The molecule has 5 rings (SSSR count). The Morgan fingerprint density at radius 3 is 2.51 bits per heavy atom. The summed E-state index contributed by atoms with van der Waals surface area (Å²) in [5.41, 5.74) is 2.59. The van der Waals surface area contributed by atoms with E-state index in [9.17, 15) is 19.7 Å². The van der Waals surface area contributed by atoms with E-state index in [-0.39, 0.29) is 23.7 Å². The van der Waals surface area contributed by atoms with Crippen molar-refractivity contribution in [3.05, 3.63) is 139 Å². The largest absolute Gasteiger partial charge is 0.348 e. The zero-order valence-electron chi connectivity index (χ0n) is 20.4. The van der Waals surface area contributed by atoms with Crippen LogP contribution < -0.4 is 10.9 Å². The highest BCUT2D eigenvalue weighted by molar-refractivity contribution is 7.98. The van der Waals surface area contributed by atoms with Crippen molar-refractivity contribution in [3.8, 4) is 5.69 Å². The fraction of sp³-hybridized carbons (Fsp3) is 0.0690. The zero-order chi connectivity index (χ0) is 27.4. The summed E-state index contributed by atoms with van der Waals surface area (Å²) in [6.07, 6.45) is 0. The van der Waals surface area contributed by atoms with Gasteiger partial charge in [-0.25, -0.2) is 4.98 Å². The van der Waals surface area contributed by atoms with Crippen molar-refractivity contribution in [2.75, 3.05) is 0 Å². The van der Waals surface area contributed by atoms with Crippen LogP contribution in [0, 0.1) is 10.1 Å². The first kappa shape index (κ1) is 26.1. The minimum Gasteiger partial charge on any atom is -0.348 e. The van der Waals surface area contributed by atoms with Gasteiger partial charge in [0.1, 0.15) is 0 Å². The first-order chi connectivity index (χ1) is 18.9. The average molecular weight is 557 g/mol. The van der Waals surface area contributed by atoms with E-state index in [0.717, 1.165) is 11.1 Å². The van der Waals surface area contributed by atoms with E-state index >= 15 is 0 Å². The number of nitrogens with one attached hydrogen (secondary N) is 1. The van der Waals surface area contributed by atoms with Gasteiger partial charge in [0.05, 0.1) is 21.5 Å². The molecule has 0 unspecified atom stereocenters. The Hall–Kier alpha value is -4.47. The Balaban J connectivity index is 1.50. The number of benzene rings is 4. The Morgan fingerprint density at radius 1 is 0.974 bits per heavy atom. The molecular weight excluding hydrogens is 536 g/mol. The van der Waals surface area contributed by atoms with Crippen LogP contribution in [0.3, 0.4) is 0 Å². The van der Waals surface area contributed by atoms with E-state index in [1.165, 1.54) is 28.5 Å². The highest BCUT2D eigenvalue weighted by Gasteiger charge is 2.16.